The molecule has 0 aliphatic rings. The monoisotopic (exact) mass is 382 g/mol. The van der Waals surface area contributed by atoms with Gasteiger partial charge in [0.2, 0.25) is 0 Å². The fourth-order valence-corrected chi connectivity index (χ4v) is 5.56. The Hall–Kier alpha value is -0.0400. The van der Waals surface area contributed by atoms with E-state index in [1.807, 2.05) is 0 Å². The smallest absolute Gasteiger partial charge is 0.0865 e. The molecule has 0 heterocycles. The number of hydrogen-bond acceptors (Lipinski definition) is 0. The molecule has 0 rings (SSSR count). The number of nitrogens with zero attached hydrogens (tertiary/aromatic N) is 1. The zero-order valence-electron chi connectivity index (χ0n) is 20.5. The predicted molar refractivity (Wildman–Crippen MR) is 125 cm³/mol. The summed E-state index contributed by atoms with van der Waals surface area (Å²) in [6.07, 6.45) is 21.2. The lowest BCUT2D eigenvalue weighted by molar-refractivity contribution is -0.989. The summed E-state index contributed by atoms with van der Waals surface area (Å²) in [6, 6.07) is 2.44. The highest BCUT2D eigenvalue weighted by atomic mass is 15.4. The van der Waals surface area contributed by atoms with Crippen molar-refractivity contribution in [3.05, 3.63) is 0 Å². The first kappa shape index (κ1) is 27.0. The first-order valence-electron chi connectivity index (χ1n) is 12.9. The number of unbranched alkanes of at least 4 members (excludes halogenated alkanes) is 9. The Kier molecular flexibility index (Phi) is 16.8. The Balaban J connectivity index is 5.03. The van der Waals surface area contributed by atoms with E-state index in [4.69, 9.17) is 0 Å². The van der Waals surface area contributed by atoms with Crippen LogP contribution in [0.15, 0.2) is 0 Å². The van der Waals surface area contributed by atoms with Gasteiger partial charge in [-0.25, -0.2) is 0 Å². The molecule has 3 unspecified atom stereocenters. The van der Waals surface area contributed by atoms with Crippen molar-refractivity contribution in [1.82, 2.24) is 0 Å². The SMILES string of the molecule is CCCCCCC(C)[N+](CC)(C(C)CCCCCC)C(C)CCCCCC. The van der Waals surface area contributed by atoms with E-state index in [-0.39, 0.29) is 0 Å². The van der Waals surface area contributed by atoms with Gasteiger partial charge in [0.05, 0.1) is 24.7 Å². The lowest BCUT2D eigenvalue weighted by atomic mass is 9.93. The van der Waals surface area contributed by atoms with Crippen molar-refractivity contribution in [1.29, 1.82) is 0 Å². The molecule has 0 saturated heterocycles. The molecular weight excluding hydrogens is 326 g/mol. The summed E-state index contributed by atoms with van der Waals surface area (Å²) in [7, 11) is 0. The summed E-state index contributed by atoms with van der Waals surface area (Å²) in [5, 5.41) is 0. The van der Waals surface area contributed by atoms with Crippen molar-refractivity contribution in [3.63, 3.8) is 0 Å². The van der Waals surface area contributed by atoms with Gasteiger partial charge in [-0.15, -0.1) is 0 Å². The van der Waals surface area contributed by atoms with Gasteiger partial charge < -0.3 is 4.48 Å². The van der Waals surface area contributed by atoms with Crippen LogP contribution in [0.25, 0.3) is 0 Å². The standard InChI is InChI=1S/C26H56N/c1-8-12-15-18-21-24(5)27(11-4,25(6)22-19-16-13-9-2)26(7)23-20-17-14-10-3/h24-26H,8-23H2,1-7H3/q+1. The average Bonchev–Trinajstić information content (AvgIpc) is 2.67. The van der Waals surface area contributed by atoms with Gasteiger partial charge >= 0.3 is 0 Å². The molecule has 164 valence electrons. The largest absolute Gasteiger partial charge is 0.317 e. The van der Waals surface area contributed by atoms with Crippen molar-refractivity contribution >= 4 is 0 Å². The van der Waals surface area contributed by atoms with Gasteiger partial charge in [0, 0.05) is 0 Å². The molecule has 27 heavy (non-hydrogen) atoms. The lowest BCUT2D eigenvalue weighted by Gasteiger charge is -2.52. The van der Waals surface area contributed by atoms with E-state index in [2.05, 4.69) is 48.5 Å². The maximum absolute atomic E-state index is 2.58. The third kappa shape index (κ3) is 9.82. The number of quaternary nitrogens is 1. The zero-order chi connectivity index (χ0) is 20.5. The van der Waals surface area contributed by atoms with E-state index < -0.39 is 0 Å². The van der Waals surface area contributed by atoms with Crippen LogP contribution >= 0.6 is 0 Å². The maximum Gasteiger partial charge on any atom is 0.0865 e. The fourth-order valence-electron chi connectivity index (χ4n) is 5.56. The average molecular weight is 383 g/mol. The molecule has 0 aliphatic carbocycles. The normalized spacial score (nSPS) is 17.4. The molecule has 0 bridgehead atoms. The molecule has 1 nitrogen and oxygen atoms in total. The highest BCUT2D eigenvalue weighted by molar-refractivity contribution is 4.68. The van der Waals surface area contributed by atoms with Crippen LogP contribution in [0.3, 0.4) is 0 Å². The Morgan fingerprint density at radius 3 is 0.963 bits per heavy atom. The Morgan fingerprint density at radius 2 is 0.741 bits per heavy atom. The van der Waals surface area contributed by atoms with E-state index in [1.165, 1.54) is 107 Å². The van der Waals surface area contributed by atoms with Crippen LogP contribution in [0.1, 0.15) is 145 Å². The van der Waals surface area contributed by atoms with E-state index in [0.717, 1.165) is 18.1 Å². The van der Waals surface area contributed by atoms with E-state index >= 15 is 0 Å². The van der Waals surface area contributed by atoms with Crippen LogP contribution in [0.5, 0.6) is 0 Å². The molecule has 0 aromatic carbocycles. The second-order valence-electron chi connectivity index (χ2n) is 9.41. The second-order valence-corrected chi connectivity index (χ2v) is 9.41. The third-order valence-corrected chi connectivity index (χ3v) is 7.44. The molecule has 3 atom stereocenters. The lowest BCUT2D eigenvalue weighted by Crippen LogP contribution is -2.64. The van der Waals surface area contributed by atoms with Gasteiger partial charge in [-0.2, -0.15) is 0 Å². The van der Waals surface area contributed by atoms with Gasteiger partial charge in [0.1, 0.15) is 0 Å². The van der Waals surface area contributed by atoms with Gasteiger partial charge in [0.15, 0.2) is 0 Å². The molecule has 0 saturated carbocycles. The van der Waals surface area contributed by atoms with Gasteiger partial charge in [-0.3, -0.25) is 0 Å². The highest BCUT2D eigenvalue weighted by Gasteiger charge is 2.41. The van der Waals surface area contributed by atoms with Crippen LogP contribution in [0.2, 0.25) is 0 Å². The molecule has 0 radical (unpaired) electrons. The van der Waals surface area contributed by atoms with Crippen molar-refractivity contribution in [2.24, 2.45) is 0 Å². The van der Waals surface area contributed by atoms with Gasteiger partial charge in [0.25, 0.3) is 0 Å². The molecule has 0 aromatic heterocycles. The minimum atomic E-state index is 0.814. The molecule has 0 N–H and O–H groups in total. The van der Waals surface area contributed by atoms with E-state index in [0.29, 0.717) is 0 Å². The Labute approximate surface area is 174 Å². The summed E-state index contributed by atoms with van der Waals surface area (Å²) in [5.41, 5.74) is 0. The van der Waals surface area contributed by atoms with Crippen LogP contribution in [0, 0.1) is 0 Å². The zero-order valence-corrected chi connectivity index (χ0v) is 20.5. The van der Waals surface area contributed by atoms with E-state index in [9.17, 15) is 0 Å². The van der Waals surface area contributed by atoms with Crippen LogP contribution < -0.4 is 0 Å². The second kappa shape index (κ2) is 16.9. The Bertz CT molecular complexity index is 266. The fraction of sp³-hybridized carbons (Fsp3) is 1.00. The molecule has 0 aromatic rings. The van der Waals surface area contributed by atoms with E-state index in [1.54, 1.807) is 0 Å². The topological polar surface area (TPSA) is 0 Å². The van der Waals surface area contributed by atoms with Gasteiger partial charge in [-0.05, 0) is 66.2 Å². The summed E-state index contributed by atoms with van der Waals surface area (Å²) in [5.74, 6) is 0. The first-order chi connectivity index (χ1) is 13.0. The van der Waals surface area contributed by atoms with Crippen molar-refractivity contribution < 1.29 is 4.48 Å². The number of rotatable bonds is 19. The summed E-state index contributed by atoms with van der Waals surface area (Å²) < 4.78 is 1.38. The van der Waals surface area contributed by atoms with Crippen LogP contribution in [-0.2, 0) is 0 Å². The molecule has 0 spiro atoms. The molecule has 1 heteroatoms. The predicted octanol–water partition coefficient (Wildman–Crippen LogP) is 8.90. The first-order valence-corrected chi connectivity index (χ1v) is 12.9. The van der Waals surface area contributed by atoms with Crippen molar-refractivity contribution in [2.45, 2.75) is 163 Å². The van der Waals surface area contributed by atoms with Crippen molar-refractivity contribution in [2.75, 3.05) is 6.54 Å². The third-order valence-electron chi connectivity index (χ3n) is 7.44. The summed E-state index contributed by atoms with van der Waals surface area (Å²) in [4.78, 5) is 0. The van der Waals surface area contributed by atoms with Crippen LogP contribution in [0.4, 0.5) is 0 Å². The summed E-state index contributed by atoms with van der Waals surface area (Å²) >= 11 is 0. The Morgan fingerprint density at radius 1 is 0.444 bits per heavy atom. The van der Waals surface area contributed by atoms with Crippen molar-refractivity contribution in [3.8, 4) is 0 Å². The van der Waals surface area contributed by atoms with Gasteiger partial charge in [-0.1, -0.05) is 78.6 Å². The molecule has 0 fully saturated rings. The maximum atomic E-state index is 2.58. The van der Waals surface area contributed by atoms with Crippen LogP contribution in [-0.4, -0.2) is 29.2 Å². The minimum Gasteiger partial charge on any atom is -0.317 e. The molecule has 0 amide bonds. The number of hydrogen-bond donors (Lipinski definition) is 0. The highest BCUT2D eigenvalue weighted by Crippen LogP contribution is 2.32. The molecule has 0 aliphatic heterocycles. The molecular formula is C26H56N+. The quantitative estimate of drug-likeness (QED) is 0.154. The summed E-state index contributed by atoms with van der Waals surface area (Å²) in [6.45, 7) is 18.5. The minimum absolute atomic E-state index is 0.814.